The first-order valence-corrected chi connectivity index (χ1v) is 8.34. The maximum absolute atomic E-state index is 13.2. The van der Waals surface area contributed by atoms with Crippen molar-refractivity contribution in [2.75, 3.05) is 5.75 Å². The number of hydrogen-bond donors (Lipinski definition) is 0. The van der Waals surface area contributed by atoms with E-state index in [1.807, 2.05) is 30.0 Å². The van der Waals surface area contributed by atoms with Crippen molar-refractivity contribution < 1.29 is 9.18 Å². The highest BCUT2D eigenvalue weighted by atomic mass is 32.2. The van der Waals surface area contributed by atoms with Gasteiger partial charge < -0.3 is 0 Å². The van der Waals surface area contributed by atoms with Crippen LogP contribution < -0.4 is 0 Å². The zero-order valence-corrected chi connectivity index (χ0v) is 13.3. The normalized spacial score (nSPS) is 11.6. The van der Waals surface area contributed by atoms with Crippen molar-refractivity contribution in [3.05, 3.63) is 30.3 Å². The van der Waals surface area contributed by atoms with Crippen molar-refractivity contribution in [1.29, 1.82) is 0 Å². The molecular weight excluding hydrogens is 271 g/mol. The summed E-state index contributed by atoms with van der Waals surface area (Å²) < 4.78 is 13.2. The third-order valence-electron chi connectivity index (χ3n) is 3.11. The highest BCUT2D eigenvalue weighted by molar-refractivity contribution is 7.99. The maximum Gasteiger partial charge on any atom is 0.133 e. The Balaban J connectivity index is 1.98. The molecule has 1 aromatic rings. The molecule has 3 heteroatoms. The van der Waals surface area contributed by atoms with E-state index in [1.165, 1.54) is 18.7 Å². The van der Waals surface area contributed by atoms with Crippen LogP contribution in [0.5, 0.6) is 0 Å². The summed E-state index contributed by atoms with van der Waals surface area (Å²) in [6.07, 6.45) is 4.46. The van der Waals surface area contributed by atoms with Gasteiger partial charge in [0.2, 0.25) is 0 Å². The molecule has 0 heterocycles. The SMILES string of the molecule is CC(C)(F)CCC(=O)CCCCCSc1ccccc1. The monoisotopic (exact) mass is 296 g/mol. The fourth-order valence-corrected chi connectivity index (χ4v) is 2.80. The molecule has 112 valence electrons. The van der Waals surface area contributed by atoms with E-state index in [1.54, 1.807) is 0 Å². The number of alkyl halides is 1. The second-order valence-electron chi connectivity index (χ2n) is 5.73. The zero-order chi connectivity index (χ0) is 14.8. The van der Waals surface area contributed by atoms with Crippen LogP contribution in [0.25, 0.3) is 0 Å². The minimum absolute atomic E-state index is 0.200. The number of carbonyl (C=O) groups is 1. The molecule has 0 aliphatic heterocycles. The lowest BCUT2D eigenvalue weighted by Gasteiger charge is -2.12. The van der Waals surface area contributed by atoms with E-state index in [0.717, 1.165) is 25.0 Å². The Morgan fingerprint density at radius 2 is 1.80 bits per heavy atom. The van der Waals surface area contributed by atoms with Crippen molar-refractivity contribution in [3.8, 4) is 0 Å². The van der Waals surface area contributed by atoms with Gasteiger partial charge in [0.1, 0.15) is 11.5 Å². The predicted molar refractivity (Wildman–Crippen MR) is 85.1 cm³/mol. The molecule has 0 fully saturated rings. The molecule has 1 nitrogen and oxygen atoms in total. The molecule has 0 saturated heterocycles. The Morgan fingerprint density at radius 1 is 1.10 bits per heavy atom. The summed E-state index contributed by atoms with van der Waals surface area (Å²) in [4.78, 5) is 12.9. The summed E-state index contributed by atoms with van der Waals surface area (Å²) in [5, 5.41) is 0. The second-order valence-corrected chi connectivity index (χ2v) is 6.90. The first kappa shape index (κ1) is 17.2. The lowest BCUT2D eigenvalue weighted by Crippen LogP contribution is -2.14. The van der Waals surface area contributed by atoms with Crippen molar-refractivity contribution in [2.24, 2.45) is 0 Å². The number of benzene rings is 1. The molecule has 0 amide bonds. The molecule has 20 heavy (non-hydrogen) atoms. The van der Waals surface area contributed by atoms with E-state index >= 15 is 0 Å². The number of rotatable bonds is 10. The summed E-state index contributed by atoms with van der Waals surface area (Å²) in [6, 6.07) is 10.4. The van der Waals surface area contributed by atoms with E-state index in [0.29, 0.717) is 19.3 Å². The van der Waals surface area contributed by atoms with Crippen LogP contribution in [-0.4, -0.2) is 17.2 Å². The van der Waals surface area contributed by atoms with Gasteiger partial charge in [-0.25, -0.2) is 4.39 Å². The van der Waals surface area contributed by atoms with Gasteiger partial charge in [0.15, 0.2) is 0 Å². The number of thioether (sulfide) groups is 1. The van der Waals surface area contributed by atoms with Crippen LogP contribution in [-0.2, 0) is 4.79 Å². The molecule has 1 aromatic carbocycles. The average molecular weight is 296 g/mol. The number of ketones is 1. The number of unbranched alkanes of at least 4 members (excludes halogenated alkanes) is 2. The average Bonchev–Trinajstić information content (AvgIpc) is 2.41. The van der Waals surface area contributed by atoms with Crippen LogP contribution in [0.1, 0.15) is 52.4 Å². The lowest BCUT2D eigenvalue weighted by atomic mass is 10.0. The Hall–Kier alpha value is -0.830. The predicted octanol–water partition coefficient (Wildman–Crippen LogP) is 5.44. The minimum Gasteiger partial charge on any atom is -0.300 e. The van der Waals surface area contributed by atoms with E-state index < -0.39 is 5.67 Å². The molecule has 0 spiro atoms. The molecule has 0 aliphatic carbocycles. The first-order chi connectivity index (χ1) is 9.47. The van der Waals surface area contributed by atoms with Gasteiger partial charge >= 0.3 is 0 Å². The Morgan fingerprint density at radius 3 is 2.45 bits per heavy atom. The molecule has 0 aliphatic rings. The molecule has 0 radical (unpaired) electrons. The Kier molecular flexibility index (Phi) is 7.90. The lowest BCUT2D eigenvalue weighted by molar-refractivity contribution is -0.119. The largest absolute Gasteiger partial charge is 0.300 e. The summed E-state index contributed by atoms with van der Waals surface area (Å²) in [5.41, 5.74) is -1.22. The molecule has 0 aromatic heterocycles. The third-order valence-corrected chi connectivity index (χ3v) is 4.21. The molecular formula is C17H25FOS. The highest BCUT2D eigenvalue weighted by Crippen LogP contribution is 2.20. The van der Waals surface area contributed by atoms with E-state index in [9.17, 15) is 9.18 Å². The van der Waals surface area contributed by atoms with Gasteiger partial charge in [-0.2, -0.15) is 0 Å². The van der Waals surface area contributed by atoms with Gasteiger partial charge in [0.05, 0.1) is 0 Å². The highest BCUT2D eigenvalue weighted by Gasteiger charge is 2.16. The topological polar surface area (TPSA) is 17.1 Å². The van der Waals surface area contributed by atoms with Crippen LogP contribution in [0.3, 0.4) is 0 Å². The molecule has 0 unspecified atom stereocenters. The van der Waals surface area contributed by atoms with Crippen molar-refractivity contribution in [2.45, 2.75) is 62.9 Å². The van der Waals surface area contributed by atoms with Crippen LogP contribution >= 0.6 is 11.8 Å². The van der Waals surface area contributed by atoms with Crippen LogP contribution in [0.15, 0.2) is 35.2 Å². The van der Waals surface area contributed by atoms with Crippen LogP contribution in [0.4, 0.5) is 4.39 Å². The molecule has 1 rings (SSSR count). The fraction of sp³-hybridized carbons (Fsp3) is 0.588. The van der Waals surface area contributed by atoms with E-state index in [-0.39, 0.29) is 5.78 Å². The number of halogens is 1. The number of hydrogen-bond acceptors (Lipinski definition) is 2. The summed E-state index contributed by atoms with van der Waals surface area (Å²) in [6.45, 7) is 3.06. The van der Waals surface area contributed by atoms with Crippen LogP contribution in [0.2, 0.25) is 0 Å². The van der Waals surface area contributed by atoms with E-state index in [4.69, 9.17) is 0 Å². The maximum atomic E-state index is 13.2. The Labute approximate surface area is 126 Å². The third kappa shape index (κ3) is 9.13. The molecule has 0 saturated carbocycles. The summed E-state index contributed by atoms with van der Waals surface area (Å²) >= 11 is 1.86. The number of carbonyl (C=O) groups excluding carboxylic acids is 1. The van der Waals surface area contributed by atoms with Crippen molar-refractivity contribution in [3.63, 3.8) is 0 Å². The van der Waals surface area contributed by atoms with Gasteiger partial charge in [-0.1, -0.05) is 24.6 Å². The van der Waals surface area contributed by atoms with Gasteiger partial charge in [0.25, 0.3) is 0 Å². The van der Waals surface area contributed by atoms with Crippen molar-refractivity contribution >= 4 is 17.5 Å². The standard InChI is InChI=1S/C17H25FOS/c1-17(2,18)13-12-15(19)9-5-4-8-14-20-16-10-6-3-7-11-16/h3,6-7,10-11H,4-5,8-9,12-14H2,1-2H3. The summed E-state index contributed by atoms with van der Waals surface area (Å²) in [5.74, 6) is 1.29. The molecule has 0 atom stereocenters. The zero-order valence-electron chi connectivity index (χ0n) is 12.5. The van der Waals surface area contributed by atoms with Gasteiger partial charge in [0, 0.05) is 17.7 Å². The molecule has 0 bridgehead atoms. The van der Waals surface area contributed by atoms with Gasteiger partial charge in [-0.15, -0.1) is 11.8 Å². The molecule has 0 N–H and O–H groups in total. The van der Waals surface area contributed by atoms with Crippen LogP contribution in [0, 0.1) is 0 Å². The van der Waals surface area contributed by atoms with Crippen molar-refractivity contribution in [1.82, 2.24) is 0 Å². The van der Waals surface area contributed by atoms with E-state index in [2.05, 4.69) is 12.1 Å². The fourth-order valence-electron chi connectivity index (χ4n) is 1.87. The Bertz CT molecular complexity index is 384. The second kappa shape index (κ2) is 9.17. The minimum atomic E-state index is -1.22. The summed E-state index contributed by atoms with van der Waals surface area (Å²) in [7, 11) is 0. The van der Waals surface area contributed by atoms with Gasteiger partial charge in [-0.05, 0) is 51.0 Å². The quantitative estimate of drug-likeness (QED) is 0.422. The van der Waals surface area contributed by atoms with Gasteiger partial charge in [-0.3, -0.25) is 4.79 Å². The number of Topliss-reactive ketones (excluding diaryl/α,β-unsaturated/α-hetero) is 1. The first-order valence-electron chi connectivity index (χ1n) is 7.36. The smallest absolute Gasteiger partial charge is 0.133 e.